The SMILES string of the molecule is COc1ccc(N(CC(=O)NC(C)C)S(C)(=O)=O)cc1OC. The fourth-order valence-electron chi connectivity index (χ4n) is 1.88. The summed E-state index contributed by atoms with van der Waals surface area (Å²) in [6, 6.07) is 4.60. The summed E-state index contributed by atoms with van der Waals surface area (Å²) in [6.45, 7) is 3.31. The number of ether oxygens (including phenoxy) is 2. The summed E-state index contributed by atoms with van der Waals surface area (Å²) in [6.07, 6.45) is 1.05. The van der Waals surface area contributed by atoms with E-state index in [-0.39, 0.29) is 18.5 Å². The first-order valence-corrected chi connectivity index (χ1v) is 8.53. The van der Waals surface area contributed by atoms with E-state index in [0.29, 0.717) is 17.2 Å². The standard InChI is InChI=1S/C14H22N2O5S/c1-10(2)15-14(17)9-16(22(5,18)19)11-6-7-12(20-3)13(8-11)21-4/h6-8,10H,9H2,1-5H3,(H,15,17). The van der Waals surface area contributed by atoms with E-state index < -0.39 is 10.0 Å². The van der Waals surface area contributed by atoms with Gasteiger partial charge < -0.3 is 14.8 Å². The molecule has 0 aliphatic rings. The van der Waals surface area contributed by atoms with Crippen molar-refractivity contribution in [1.82, 2.24) is 5.32 Å². The number of hydrogen-bond acceptors (Lipinski definition) is 5. The first-order valence-electron chi connectivity index (χ1n) is 6.68. The predicted molar refractivity (Wildman–Crippen MR) is 85.0 cm³/mol. The number of benzene rings is 1. The molecule has 0 radical (unpaired) electrons. The van der Waals surface area contributed by atoms with E-state index in [2.05, 4.69) is 5.32 Å². The molecule has 0 heterocycles. The van der Waals surface area contributed by atoms with E-state index in [4.69, 9.17) is 9.47 Å². The Morgan fingerprint density at radius 3 is 2.27 bits per heavy atom. The minimum Gasteiger partial charge on any atom is -0.493 e. The number of methoxy groups -OCH3 is 2. The molecule has 0 aromatic heterocycles. The molecule has 124 valence electrons. The zero-order valence-corrected chi connectivity index (χ0v) is 14.2. The molecule has 0 aliphatic carbocycles. The number of sulfonamides is 1. The highest BCUT2D eigenvalue weighted by atomic mass is 32.2. The van der Waals surface area contributed by atoms with Gasteiger partial charge in [-0.2, -0.15) is 0 Å². The number of nitrogens with one attached hydrogen (secondary N) is 1. The number of carbonyl (C=O) groups excluding carboxylic acids is 1. The van der Waals surface area contributed by atoms with E-state index in [1.165, 1.54) is 20.3 Å². The van der Waals surface area contributed by atoms with Gasteiger partial charge in [0.1, 0.15) is 6.54 Å². The molecule has 0 aliphatic heterocycles. The van der Waals surface area contributed by atoms with E-state index in [1.807, 2.05) is 0 Å². The highest BCUT2D eigenvalue weighted by Crippen LogP contribution is 2.32. The fraction of sp³-hybridized carbons (Fsp3) is 0.500. The van der Waals surface area contributed by atoms with Crippen molar-refractivity contribution in [2.75, 3.05) is 31.3 Å². The maximum atomic E-state index is 12.0. The molecule has 0 saturated carbocycles. The second-order valence-corrected chi connectivity index (χ2v) is 6.94. The van der Waals surface area contributed by atoms with Gasteiger partial charge in [-0.3, -0.25) is 9.10 Å². The molecule has 0 bridgehead atoms. The van der Waals surface area contributed by atoms with Gasteiger partial charge in [0.2, 0.25) is 15.9 Å². The van der Waals surface area contributed by atoms with Gasteiger partial charge in [0.05, 0.1) is 26.2 Å². The Balaban J connectivity index is 3.16. The van der Waals surface area contributed by atoms with Crippen molar-refractivity contribution in [2.45, 2.75) is 19.9 Å². The van der Waals surface area contributed by atoms with Crippen LogP contribution in [-0.4, -0.2) is 47.4 Å². The van der Waals surface area contributed by atoms with Crippen LogP contribution in [0.15, 0.2) is 18.2 Å². The minimum atomic E-state index is -3.62. The number of carbonyl (C=O) groups is 1. The van der Waals surface area contributed by atoms with Gasteiger partial charge in [0, 0.05) is 12.1 Å². The van der Waals surface area contributed by atoms with Crippen molar-refractivity contribution < 1.29 is 22.7 Å². The summed E-state index contributed by atoms with van der Waals surface area (Å²) < 4.78 is 35.3. The summed E-state index contributed by atoms with van der Waals surface area (Å²) in [7, 11) is -0.673. The van der Waals surface area contributed by atoms with E-state index >= 15 is 0 Å². The molecule has 1 N–H and O–H groups in total. The van der Waals surface area contributed by atoms with E-state index in [0.717, 1.165) is 10.6 Å². The van der Waals surface area contributed by atoms with Crippen molar-refractivity contribution >= 4 is 21.6 Å². The summed E-state index contributed by atoms with van der Waals surface area (Å²) >= 11 is 0. The molecule has 1 aromatic carbocycles. The van der Waals surface area contributed by atoms with Crippen LogP contribution in [0, 0.1) is 0 Å². The molecule has 0 unspecified atom stereocenters. The zero-order valence-electron chi connectivity index (χ0n) is 13.4. The lowest BCUT2D eigenvalue weighted by Crippen LogP contribution is -2.42. The quantitative estimate of drug-likeness (QED) is 0.806. The third-order valence-electron chi connectivity index (χ3n) is 2.79. The number of rotatable bonds is 7. The van der Waals surface area contributed by atoms with Crippen LogP contribution < -0.4 is 19.1 Å². The minimum absolute atomic E-state index is 0.0701. The van der Waals surface area contributed by atoms with Gasteiger partial charge in [-0.15, -0.1) is 0 Å². The summed E-state index contributed by atoms with van der Waals surface area (Å²) in [5.41, 5.74) is 0.332. The average molecular weight is 330 g/mol. The van der Waals surface area contributed by atoms with Crippen LogP contribution in [0.4, 0.5) is 5.69 Å². The summed E-state index contributed by atoms with van der Waals surface area (Å²) in [5.74, 6) is 0.486. The van der Waals surface area contributed by atoms with Crippen molar-refractivity contribution in [3.63, 3.8) is 0 Å². The number of nitrogens with zero attached hydrogens (tertiary/aromatic N) is 1. The predicted octanol–water partition coefficient (Wildman–Crippen LogP) is 0.994. The molecular weight excluding hydrogens is 308 g/mol. The lowest BCUT2D eigenvalue weighted by molar-refractivity contribution is -0.120. The number of anilines is 1. The normalized spacial score (nSPS) is 11.2. The topological polar surface area (TPSA) is 84.9 Å². The maximum Gasteiger partial charge on any atom is 0.240 e. The van der Waals surface area contributed by atoms with Crippen LogP contribution in [0.1, 0.15) is 13.8 Å². The first kappa shape index (κ1) is 18.1. The lowest BCUT2D eigenvalue weighted by Gasteiger charge is -2.23. The molecule has 8 heteroatoms. The number of hydrogen-bond donors (Lipinski definition) is 1. The summed E-state index contributed by atoms with van der Waals surface area (Å²) in [4.78, 5) is 11.9. The Morgan fingerprint density at radius 1 is 1.23 bits per heavy atom. The van der Waals surface area contributed by atoms with Crippen LogP contribution in [0.2, 0.25) is 0 Å². The van der Waals surface area contributed by atoms with Crippen LogP contribution in [-0.2, 0) is 14.8 Å². The van der Waals surface area contributed by atoms with Gasteiger partial charge in [0.15, 0.2) is 11.5 Å². The van der Waals surface area contributed by atoms with E-state index in [1.54, 1.807) is 26.0 Å². The van der Waals surface area contributed by atoms with Crippen molar-refractivity contribution in [3.05, 3.63) is 18.2 Å². The van der Waals surface area contributed by atoms with Gasteiger partial charge in [0.25, 0.3) is 0 Å². The Hall–Kier alpha value is -1.96. The molecule has 0 fully saturated rings. The smallest absolute Gasteiger partial charge is 0.240 e. The van der Waals surface area contributed by atoms with Crippen molar-refractivity contribution in [2.24, 2.45) is 0 Å². The highest BCUT2D eigenvalue weighted by Gasteiger charge is 2.22. The van der Waals surface area contributed by atoms with Crippen LogP contribution in [0.3, 0.4) is 0 Å². The molecule has 22 heavy (non-hydrogen) atoms. The first-order chi connectivity index (χ1) is 10.2. The second-order valence-electron chi connectivity index (χ2n) is 5.03. The van der Waals surface area contributed by atoms with Gasteiger partial charge in [-0.1, -0.05) is 0 Å². The molecule has 0 saturated heterocycles. The molecular formula is C14H22N2O5S. The number of amides is 1. The highest BCUT2D eigenvalue weighted by molar-refractivity contribution is 7.92. The third kappa shape index (κ3) is 4.80. The third-order valence-corrected chi connectivity index (χ3v) is 3.93. The van der Waals surface area contributed by atoms with Crippen molar-refractivity contribution in [1.29, 1.82) is 0 Å². The Bertz CT molecular complexity index is 628. The zero-order chi connectivity index (χ0) is 16.9. The molecule has 1 aromatic rings. The lowest BCUT2D eigenvalue weighted by atomic mass is 10.2. The van der Waals surface area contributed by atoms with Gasteiger partial charge >= 0.3 is 0 Å². The monoisotopic (exact) mass is 330 g/mol. The average Bonchev–Trinajstić information content (AvgIpc) is 2.42. The fourth-order valence-corrected chi connectivity index (χ4v) is 2.73. The van der Waals surface area contributed by atoms with Crippen molar-refractivity contribution in [3.8, 4) is 11.5 Å². The largest absolute Gasteiger partial charge is 0.493 e. The molecule has 1 rings (SSSR count). The maximum absolute atomic E-state index is 12.0. The van der Waals surface area contributed by atoms with Crippen LogP contribution >= 0.6 is 0 Å². The Morgan fingerprint density at radius 2 is 1.82 bits per heavy atom. The molecule has 0 atom stereocenters. The molecule has 1 amide bonds. The van der Waals surface area contributed by atoms with Crippen LogP contribution in [0.5, 0.6) is 11.5 Å². The molecule has 7 nitrogen and oxygen atoms in total. The van der Waals surface area contributed by atoms with E-state index in [9.17, 15) is 13.2 Å². The Kier molecular flexibility index (Phi) is 6.04. The van der Waals surface area contributed by atoms with Gasteiger partial charge in [-0.05, 0) is 26.0 Å². The van der Waals surface area contributed by atoms with Gasteiger partial charge in [-0.25, -0.2) is 8.42 Å². The second kappa shape index (κ2) is 7.35. The Labute approximate surface area is 131 Å². The molecule has 0 spiro atoms. The van der Waals surface area contributed by atoms with Crippen LogP contribution in [0.25, 0.3) is 0 Å². The summed E-state index contributed by atoms with van der Waals surface area (Å²) in [5, 5.41) is 2.67.